The van der Waals surface area contributed by atoms with E-state index < -0.39 is 0 Å². The van der Waals surface area contributed by atoms with Crippen LogP contribution < -0.4 is 16.0 Å². The maximum absolute atomic E-state index is 11.7. The summed E-state index contributed by atoms with van der Waals surface area (Å²) in [7, 11) is 1.74. The first kappa shape index (κ1) is 13.0. The zero-order valence-corrected chi connectivity index (χ0v) is 9.91. The van der Waals surface area contributed by atoms with Gasteiger partial charge in [-0.1, -0.05) is 0 Å². The maximum Gasteiger partial charge on any atom is 0.251 e. The lowest BCUT2D eigenvalue weighted by Gasteiger charge is -2.06. The lowest BCUT2D eigenvalue weighted by atomic mass is 10.2. The molecule has 6 heteroatoms. The second-order valence-corrected chi connectivity index (χ2v) is 3.42. The van der Waals surface area contributed by atoms with E-state index in [0.29, 0.717) is 24.5 Å². The van der Waals surface area contributed by atoms with E-state index in [-0.39, 0.29) is 11.8 Å². The van der Waals surface area contributed by atoms with Gasteiger partial charge in [-0.3, -0.25) is 9.59 Å². The fourth-order valence-electron chi connectivity index (χ4n) is 1.23. The highest BCUT2D eigenvalue weighted by atomic mass is 16.2. The molecule has 0 fully saturated rings. The topological polar surface area (TPSA) is 83.1 Å². The average molecular weight is 236 g/mol. The lowest BCUT2D eigenvalue weighted by molar-refractivity contribution is -0.118. The number of aromatic nitrogens is 1. The van der Waals surface area contributed by atoms with Gasteiger partial charge >= 0.3 is 0 Å². The molecule has 1 rings (SSSR count). The Hall–Kier alpha value is -2.11. The third kappa shape index (κ3) is 4.50. The van der Waals surface area contributed by atoms with Gasteiger partial charge in [0.2, 0.25) is 5.91 Å². The Morgan fingerprint density at radius 2 is 2.00 bits per heavy atom. The van der Waals surface area contributed by atoms with Gasteiger partial charge in [0.05, 0.1) is 0 Å². The second kappa shape index (κ2) is 6.47. The molecule has 0 bridgehead atoms. The van der Waals surface area contributed by atoms with Gasteiger partial charge in [-0.25, -0.2) is 4.98 Å². The molecule has 0 radical (unpaired) electrons. The SMILES string of the molecule is CNc1cc(C(=O)NCCNC(C)=O)ccn1. The molecule has 0 saturated carbocycles. The van der Waals surface area contributed by atoms with Gasteiger partial charge in [-0.15, -0.1) is 0 Å². The Balaban J connectivity index is 2.43. The average Bonchev–Trinajstić information content (AvgIpc) is 2.34. The molecule has 3 N–H and O–H groups in total. The van der Waals surface area contributed by atoms with Crippen LogP contribution in [0, 0.1) is 0 Å². The normalized spacial score (nSPS) is 9.53. The summed E-state index contributed by atoms with van der Waals surface area (Å²) in [5.41, 5.74) is 0.534. The van der Waals surface area contributed by atoms with Crippen molar-refractivity contribution in [2.45, 2.75) is 6.92 Å². The van der Waals surface area contributed by atoms with Crippen molar-refractivity contribution in [3.8, 4) is 0 Å². The summed E-state index contributed by atoms with van der Waals surface area (Å²) in [4.78, 5) is 26.3. The van der Waals surface area contributed by atoms with E-state index in [1.165, 1.54) is 6.92 Å². The number of hydrogen-bond donors (Lipinski definition) is 3. The van der Waals surface area contributed by atoms with E-state index in [1.807, 2.05) is 0 Å². The molecule has 0 unspecified atom stereocenters. The Bertz CT molecular complexity index is 406. The van der Waals surface area contributed by atoms with Gasteiger partial charge in [-0.2, -0.15) is 0 Å². The number of hydrogen-bond acceptors (Lipinski definition) is 4. The van der Waals surface area contributed by atoms with E-state index in [4.69, 9.17) is 0 Å². The summed E-state index contributed by atoms with van der Waals surface area (Å²) in [6.07, 6.45) is 1.56. The first-order valence-corrected chi connectivity index (χ1v) is 5.30. The zero-order chi connectivity index (χ0) is 12.7. The molecule has 6 nitrogen and oxygen atoms in total. The molecule has 2 amide bonds. The van der Waals surface area contributed by atoms with Gasteiger partial charge in [0.25, 0.3) is 5.91 Å². The largest absolute Gasteiger partial charge is 0.373 e. The summed E-state index contributed by atoms with van der Waals surface area (Å²) < 4.78 is 0. The molecule has 0 atom stereocenters. The first-order valence-electron chi connectivity index (χ1n) is 5.30. The van der Waals surface area contributed by atoms with Crippen molar-refractivity contribution < 1.29 is 9.59 Å². The molecule has 0 aliphatic heterocycles. The van der Waals surface area contributed by atoms with E-state index in [0.717, 1.165) is 0 Å². The van der Waals surface area contributed by atoms with Crippen LogP contribution in [-0.2, 0) is 4.79 Å². The molecular weight excluding hydrogens is 220 g/mol. The van der Waals surface area contributed by atoms with Crippen molar-refractivity contribution in [2.75, 3.05) is 25.5 Å². The number of anilines is 1. The van der Waals surface area contributed by atoms with E-state index >= 15 is 0 Å². The summed E-state index contributed by atoms with van der Waals surface area (Å²) in [5, 5.41) is 8.15. The Labute approximate surface area is 99.8 Å². The van der Waals surface area contributed by atoms with Gasteiger partial charge in [-0.05, 0) is 12.1 Å². The molecule has 0 spiro atoms. The summed E-state index contributed by atoms with van der Waals surface area (Å²) in [6, 6.07) is 3.29. The predicted molar refractivity (Wildman–Crippen MR) is 64.8 cm³/mol. The number of carbonyl (C=O) groups excluding carboxylic acids is 2. The van der Waals surface area contributed by atoms with Gasteiger partial charge in [0.1, 0.15) is 5.82 Å². The minimum absolute atomic E-state index is 0.111. The van der Waals surface area contributed by atoms with E-state index in [9.17, 15) is 9.59 Å². The lowest BCUT2D eigenvalue weighted by Crippen LogP contribution is -2.33. The Morgan fingerprint density at radius 3 is 2.65 bits per heavy atom. The zero-order valence-electron chi connectivity index (χ0n) is 9.91. The maximum atomic E-state index is 11.7. The monoisotopic (exact) mass is 236 g/mol. The third-order valence-corrected chi connectivity index (χ3v) is 2.06. The minimum Gasteiger partial charge on any atom is -0.373 e. The first-order chi connectivity index (χ1) is 8.13. The number of carbonyl (C=O) groups is 2. The van der Waals surface area contributed by atoms with E-state index in [1.54, 1.807) is 25.4 Å². The van der Waals surface area contributed by atoms with Crippen molar-refractivity contribution in [3.63, 3.8) is 0 Å². The van der Waals surface area contributed by atoms with Crippen molar-refractivity contribution in [1.82, 2.24) is 15.6 Å². The summed E-state index contributed by atoms with van der Waals surface area (Å²) in [5.74, 6) is 0.342. The quantitative estimate of drug-likeness (QED) is 0.628. The highest BCUT2D eigenvalue weighted by Crippen LogP contribution is 2.05. The van der Waals surface area contributed by atoms with Crippen LogP contribution in [0.3, 0.4) is 0 Å². The molecule has 0 aliphatic carbocycles. The molecule has 1 aromatic heterocycles. The summed E-state index contributed by atoms with van der Waals surface area (Å²) in [6.45, 7) is 2.25. The van der Waals surface area contributed by atoms with Gasteiger partial charge < -0.3 is 16.0 Å². The number of pyridine rings is 1. The molecule has 0 aromatic carbocycles. The number of nitrogens with zero attached hydrogens (tertiary/aromatic N) is 1. The molecule has 17 heavy (non-hydrogen) atoms. The standard InChI is InChI=1S/C11H16N4O2/c1-8(16)13-5-6-15-11(17)9-3-4-14-10(7-9)12-2/h3-4,7H,5-6H2,1-2H3,(H,12,14)(H,13,16)(H,15,17). The second-order valence-electron chi connectivity index (χ2n) is 3.42. The van der Waals surface area contributed by atoms with Crippen LogP contribution in [0.4, 0.5) is 5.82 Å². The summed E-state index contributed by atoms with van der Waals surface area (Å²) >= 11 is 0. The van der Waals surface area contributed by atoms with E-state index in [2.05, 4.69) is 20.9 Å². The van der Waals surface area contributed by atoms with Crippen LogP contribution in [0.15, 0.2) is 18.3 Å². The number of amides is 2. The minimum atomic E-state index is -0.186. The van der Waals surface area contributed by atoms with Crippen LogP contribution in [0.1, 0.15) is 17.3 Å². The van der Waals surface area contributed by atoms with Crippen molar-refractivity contribution in [1.29, 1.82) is 0 Å². The Morgan fingerprint density at radius 1 is 1.29 bits per heavy atom. The van der Waals surface area contributed by atoms with Gasteiger partial charge in [0, 0.05) is 38.8 Å². The number of rotatable bonds is 5. The van der Waals surface area contributed by atoms with Crippen LogP contribution >= 0.6 is 0 Å². The van der Waals surface area contributed by atoms with Crippen molar-refractivity contribution >= 4 is 17.6 Å². The predicted octanol–water partition coefficient (Wildman–Crippen LogP) is -0.0108. The fraction of sp³-hybridized carbons (Fsp3) is 0.364. The third-order valence-electron chi connectivity index (χ3n) is 2.06. The van der Waals surface area contributed by atoms with Crippen molar-refractivity contribution in [3.05, 3.63) is 23.9 Å². The molecule has 1 heterocycles. The van der Waals surface area contributed by atoms with Crippen LogP contribution in [0.2, 0.25) is 0 Å². The fourth-order valence-corrected chi connectivity index (χ4v) is 1.23. The Kier molecular flexibility index (Phi) is 4.93. The van der Waals surface area contributed by atoms with Gasteiger partial charge in [0.15, 0.2) is 0 Å². The molecule has 0 aliphatic rings. The van der Waals surface area contributed by atoms with Crippen LogP contribution in [-0.4, -0.2) is 36.9 Å². The molecule has 0 saturated heterocycles. The molecular formula is C11H16N4O2. The smallest absolute Gasteiger partial charge is 0.251 e. The molecule has 92 valence electrons. The van der Waals surface area contributed by atoms with Crippen LogP contribution in [0.25, 0.3) is 0 Å². The highest BCUT2D eigenvalue weighted by Gasteiger charge is 2.05. The highest BCUT2D eigenvalue weighted by molar-refractivity contribution is 5.94. The molecule has 1 aromatic rings. The van der Waals surface area contributed by atoms with Crippen LogP contribution in [0.5, 0.6) is 0 Å². The van der Waals surface area contributed by atoms with Crippen molar-refractivity contribution in [2.24, 2.45) is 0 Å². The number of nitrogens with one attached hydrogen (secondary N) is 3.